The summed E-state index contributed by atoms with van der Waals surface area (Å²) in [5, 5.41) is 26.9. The standard InChI is InChI=1S/C26H27IN4OS/c1-33-20-6-4-5-19(15-20)23-29-24(31(30-23)16-18-9-10-18)26(32)13-11-25(17-28,12-14-26)21-7-2-3-8-22(21)27/h2-8,15,18,32H,9-14,16H2,1H3. The maximum Gasteiger partial charge on any atom is 0.181 e. The Morgan fingerprint density at radius 2 is 1.91 bits per heavy atom. The van der Waals surface area contributed by atoms with E-state index in [9.17, 15) is 10.4 Å². The van der Waals surface area contributed by atoms with E-state index in [-0.39, 0.29) is 0 Å². The second kappa shape index (κ2) is 9.05. The lowest BCUT2D eigenvalue weighted by Crippen LogP contribution is -2.41. The van der Waals surface area contributed by atoms with E-state index in [0.717, 1.165) is 21.2 Å². The van der Waals surface area contributed by atoms with E-state index < -0.39 is 11.0 Å². The maximum atomic E-state index is 11.8. The zero-order valence-corrected chi connectivity index (χ0v) is 21.6. The van der Waals surface area contributed by atoms with Crippen molar-refractivity contribution in [1.82, 2.24) is 14.8 Å². The third-order valence-electron chi connectivity index (χ3n) is 7.08. The molecule has 0 spiro atoms. The van der Waals surface area contributed by atoms with E-state index in [1.165, 1.54) is 17.7 Å². The number of aliphatic hydroxyl groups is 1. The molecular weight excluding hydrogens is 543 g/mol. The molecule has 0 atom stereocenters. The highest BCUT2D eigenvalue weighted by atomic mass is 127. The van der Waals surface area contributed by atoms with Crippen molar-refractivity contribution in [3.05, 3.63) is 63.5 Å². The molecule has 7 heteroatoms. The van der Waals surface area contributed by atoms with Crippen LogP contribution in [-0.2, 0) is 17.6 Å². The Balaban J connectivity index is 1.48. The van der Waals surface area contributed by atoms with Crippen molar-refractivity contribution >= 4 is 34.4 Å². The summed E-state index contributed by atoms with van der Waals surface area (Å²) < 4.78 is 3.06. The lowest BCUT2D eigenvalue weighted by atomic mass is 9.66. The van der Waals surface area contributed by atoms with Crippen LogP contribution in [0, 0.1) is 20.8 Å². The van der Waals surface area contributed by atoms with Gasteiger partial charge in [0.15, 0.2) is 11.6 Å². The summed E-state index contributed by atoms with van der Waals surface area (Å²) in [7, 11) is 0. The molecule has 33 heavy (non-hydrogen) atoms. The molecule has 0 saturated heterocycles. The first-order valence-electron chi connectivity index (χ1n) is 11.4. The van der Waals surface area contributed by atoms with Crippen molar-refractivity contribution in [2.45, 2.75) is 61.0 Å². The number of nitrogens with zero attached hydrogens (tertiary/aromatic N) is 4. The molecule has 3 aromatic rings. The van der Waals surface area contributed by atoms with Crippen molar-refractivity contribution in [3.8, 4) is 17.5 Å². The van der Waals surface area contributed by atoms with Gasteiger partial charge in [-0.25, -0.2) is 9.67 Å². The number of thioether (sulfide) groups is 1. The zero-order valence-electron chi connectivity index (χ0n) is 18.7. The molecule has 0 radical (unpaired) electrons. The quantitative estimate of drug-likeness (QED) is 0.295. The summed E-state index contributed by atoms with van der Waals surface area (Å²) in [5.74, 6) is 1.95. The van der Waals surface area contributed by atoms with Crippen LogP contribution in [0.3, 0.4) is 0 Å². The van der Waals surface area contributed by atoms with Crippen molar-refractivity contribution in [2.75, 3.05) is 6.26 Å². The topological polar surface area (TPSA) is 74.7 Å². The second-order valence-corrected chi connectivity index (χ2v) is 11.4. The third kappa shape index (κ3) is 4.45. The first-order chi connectivity index (χ1) is 16.0. The van der Waals surface area contributed by atoms with Crippen LogP contribution in [0.4, 0.5) is 0 Å². The molecule has 2 aliphatic rings. The van der Waals surface area contributed by atoms with Crippen LogP contribution in [0.25, 0.3) is 11.4 Å². The molecule has 1 aromatic heterocycles. The van der Waals surface area contributed by atoms with E-state index >= 15 is 0 Å². The average Bonchev–Trinajstić information content (AvgIpc) is 3.56. The molecule has 5 rings (SSSR count). The predicted molar refractivity (Wildman–Crippen MR) is 139 cm³/mol. The summed E-state index contributed by atoms with van der Waals surface area (Å²) in [6, 6.07) is 19.0. The number of hydrogen-bond acceptors (Lipinski definition) is 5. The van der Waals surface area contributed by atoms with Gasteiger partial charge in [0.05, 0.1) is 11.5 Å². The van der Waals surface area contributed by atoms with Crippen LogP contribution in [0.1, 0.15) is 49.9 Å². The molecule has 0 bridgehead atoms. The van der Waals surface area contributed by atoms with Crippen molar-refractivity contribution in [2.24, 2.45) is 5.92 Å². The molecule has 1 N–H and O–H groups in total. The monoisotopic (exact) mass is 570 g/mol. The van der Waals surface area contributed by atoms with Crippen molar-refractivity contribution < 1.29 is 5.11 Å². The fourth-order valence-electron chi connectivity index (χ4n) is 4.85. The highest BCUT2D eigenvalue weighted by molar-refractivity contribution is 14.1. The van der Waals surface area contributed by atoms with Crippen molar-refractivity contribution in [1.29, 1.82) is 5.26 Å². The highest BCUT2D eigenvalue weighted by Crippen LogP contribution is 2.48. The van der Waals surface area contributed by atoms with E-state index in [1.807, 2.05) is 28.9 Å². The van der Waals surface area contributed by atoms with Crippen LogP contribution in [0.2, 0.25) is 0 Å². The van der Waals surface area contributed by atoms with Crippen molar-refractivity contribution in [3.63, 3.8) is 0 Å². The summed E-state index contributed by atoms with van der Waals surface area (Å²) in [6.07, 6.45) is 6.68. The van der Waals surface area contributed by atoms with Gasteiger partial charge in [-0.2, -0.15) is 10.4 Å². The predicted octanol–water partition coefficient (Wildman–Crippen LogP) is 5.90. The number of halogens is 1. The van der Waals surface area contributed by atoms with E-state index in [2.05, 4.69) is 59.2 Å². The Morgan fingerprint density at radius 3 is 2.58 bits per heavy atom. The van der Waals surface area contributed by atoms with Gasteiger partial charge in [0, 0.05) is 20.6 Å². The fraction of sp³-hybridized carbons (Fsp3) is 0.423. The first-order valence-corrected chi connectivity index (χ1v) is 13.8. The van der Waals surface area contributed by atoms with Gasteiger partial charge in [-0.15, -0.1) is 11.8 Å². The lowest BCUT2D eigenvalue weighted by Gasteiger charge is -2.40. The van der Waals surface area contributed by atoms with Crippen LogP contribution in [0.15, 0.2) is 53.4 Å². The minimum atomic E-state index is -1.07. The van der Waals surface area contributed by atoms with Gasteiger partial charge in [0.1, 0.15) is 5.60 Å². The first kappa shape index (κ1) is 22.9. The Labute approximate surface area is 212 Å². The van der Waals surface area contributed by atoms with Gasteiger partial charge in [0.2, 0.25) is 0 Å². The Morgan fingerprint density at radius 1 is 1.15 bits per heavy atom. The minimum Gasteiger partial charge on any atom is -0.382 e. The minimum absolute atomic E-state index is 0.499. The molecule has 0 aliphatic heterocycles. The van der Waals surface area contributed by atoms with Gasteiger partial charge in [-0.1, -0.05) is 30.3 Å². The largest absolute Gasteiger partial charge is 0.382 e. The highest BCUT2D eigenvalue weighted by Gasteiger charge is 2.47. The van der Waals surface area contributed by atoms with Gasteiger partial charge in [-0.05, 0) is 97.1 Å². The number of rotatable bonds is 6. The zero-order chi connectivity index (χ0) is 23.1. The van der Waals surface area contributed by atoms with Crippen LogP contribution < -0.4 is 0 Å². The summed E-state index contributed by atoms with van der Waals surface area (Å²) >= 11 is 4.01. The maximum absolute atomic E-state index is 11.8. The molecule has 2 aliphatic carbocycles. The molecular formula is C26H27IN4OS. The van der Waals surface area contributed by atoms with E-state index in [4.69, 9.17) is 10.1 Å². The average molecular weight is 570 g/mol. The molecule has 0 unspecified atom stereocenters. The summed E-state index contributed by atoms with van der Waals surface area (Å²) in [6.45, 7) is 0.798. The Kier molecular flexibility index (Phi) is 6.27. The van der Waals surface area contributed by atoms with Gasteiger partial charge in [-0.3, -0.25) is 0 Å². The van der Waals surface area contributed by atoms with Crippen LogP contribution in [-0.4, -0.2) is 26.1 Å². The van der Waals surface area contributed by atoms with E-state index in [1.54, 1.807) is 11.8 Å². The molecule has 5 nitrogen and oxygen atoms in total. The third-order valence-corrected chi connectivity index (χ3v) is 8.74. The second-order valence-electron chi connectivity index (χ2n) is 9.32. The molecule has 2 saturated carbocycles. The van der Waals surface area contributed by atoms with Crippen LogP contribution in [0.5, 0.6) is 0 Å². The lowest BCUT2D eigenvalue weighted by molar-refractivity contribution is -0.0254. The van der Waals surface area contributed by atoms with Gasteiger partial charge in [0.25, 0.3) is 0 Å². The number of aromatic nitrogens is 3. The number of benzene rings is 2. The van der Waals surface area contributed by atoms with Gasteiger partial charge < -0.3 is 5.11 Å². The summed E-state index contributed by atoms with van der Waals surface area (Å²) in [4.78, 5) is 6.07. The molecule has 170 valence electrons. The molecule has 2 fully saturated rings. The fourth-order valence-corrected chi connectivity index (χ4v) is 6.21. The summed E-state index contributed by atoms with van der Waals surface area (Å²) in [5.41, 5.74) is 0.407. The Bertz CT molecular complexity index is 1200. The smallest absolute Gasteiger partial charge is 0.181 e. The molecule has 1 heterocycles. The van der Waals surface area contributed by atoms with Gasteiger partial charge >= 0.3 is 0 Å². The molecule has 0 amide bonds. The SMILES string of the molecule is CSc1cccc(-c2nc(C3(O)CCC(C#N)(c4ccccc4I)CC3)n(CC3CC3)n2)c1. The number of hydrogen-bond donors (Lipinski definition) is 1. The van der Waals surface area contributed by atoms with E-state index in [0.29, 0.717) is 43.3 Å². The number of nitriles is 1. The van der Waals surface area contributed by atoms with Crippen LogP contribution >= 0.6 is 34.4 Å². The Hall–Kier alpha value is -1.89. The molecule has 2 aromatic carbocycles. The normalized spacial score (nSPS) is 25.0.